The van der Waals surface area contributed by atoms with Crippen molar-refractivity contribution in [1.29, 1.82) is 0 Å². The average molecular weight is 325 g/mol. The van der Waals surface area contributed by atoms with E-state index in [9.17, 15) is 9.59 Å². The molecule has 6 heteroatoms. The molecule has 0 radical (unpaired) electrons. The largest absolute Gasteiger partial charge is 0.352 e. The number of rotatable bonds is 4. The predicted molar refractivity (Wildman–Crippen MR) is 84.1 cm³/mol. The predicted octanol–water partition coefficient (Wildman–Crippen LogP) is 2.58. The van der Waals surface area contributed by atoms with Crippen molar-refractivity contribution < 1.29 is 9.59 Å². The van der Waals surface area contributed by atoms with Gasteiger partial charge in [-0.3, -0.25) is 9.59 Å². The van der Waals surface area contributed by atoms with Gasteiger partial charge in [0, 0.05) is 16.6 Å². The molecular formula is C15H17ClN2O2S. The molecule has 1 aliphatic carbocycles. The third-order valence-corrected chi connectivity index (χ3v) is 5.35. The number of carbonyl (C=O) groups excluding carboxylic acids is 2. The molecule has 0 bridgehead atoms. The highest BCUT2D eigenvalue weighted by Gasteiger charge is 2.40. The van der Waals surface area contributed by atoms with Crippen molar-refractivity contribution >= 4 is 35.2 Å². The fourth-order valence-corrected chi connectivity index (χ4v) is 4.04. The minimum absolute atomic E-state index is 0.0108. The van der Waals surface area contributed by atoms with Crippen LogP contribution in [0.5, 0.6) is 0 Å². The van der Waals surface area contributed by atoms with Crippen LogP contribution in [0.15, 0.2) is 24.3 Å². The number of nitrogens with zero attached hydrogens (tertiary/aromatic N) is 1. The fraction of sp³-hybridized carbons (Fsp3) is 0.467. The summed E-state index contributed by atoms with van der Waals surface area (Å²) >= 11 is 7.76. The van der Waals surface area contributed by atoms with Gasteiger partial charge in [-0.05, 0) is 25.8 Å². The lowest BCUT2D eigenvalue weighted by Gasteiger charge is -2.30. The van der Waals surface area contributed by atoms with E-state index in [2.05, 4.69) is 5.32 Å². The third kappa shape index (κ3) is 3.04. The van der Waals surface area contributed by atoms with Crippen molar-refractivity contribution in [2.24, 2.45) is 0 Å². The van der Waals surface area contributed by atoms with Gasteiger partial charge in [-0.25, -0.2) is 0 Å². The van der Waals surface area contributed by atoms with Crippen molar-refractivity contribution in [3.63, 3.8) is 0 Å². The first-order valence-corrected chi connectivity index (χ1v) is 8.48. The van der Waals surface area contributed by atoms with Crippen molar-refractivity contribution in [1.82, 2.24) is 10.2 Å². The number of amides is 2. The van der Waals surface area contributed by atoms with Gasteiger partial charge >= 0.3 is 0 Å². The maximum Gasteiger partial charge on any atom is 0.242 e. The van der Waals surface area contributed by atoms with Gasteiger partial charge < -0.3 is 10.2 Å². The van der Waals surface area contributed by atoms with E-state index in [1.807, 2.05) is 24.3 Å². The molecule has 3 rings (SSSR count). The van der Waals surface area contributed by atoms with E-state index in [0.717, 1.165) is 18.4 Å². The fourth-order valence-electron chi connectivity index (χ4n) is 2.45. The normalized spacial score (nSPS) is 23.2. The van der Waals surface area contributed by atoms with E-state index in [1.54, 1.807) is 11.8 Å². The summed E-state index contributed by atoms with van der Waals surface area (Å²) in [6.07, 6.45) is 2.07. The zero-order valence-corrected chi connectivity index (χ0v) is 13.3. The summed E-state index contributed by atoms with van der Waals surface area (Å²) in [6, 6.07) is 7.31. The lowest BCUT2D eigenvalue weighted by atomic mass is 10.1. The molecule has 2 amide bonds. The Bertz CT molecular complexity index is 577. The van der Waals surface area contributed by atoms with Crippen LogP contribution in [0, 0.1) is 0 Å². The summed E-state index contributed by atoms with van der Waals surface area (Å²) in [6.45, 7) is 1.78. The Morgan fingerprint density at radius 3 is 2.81 bits per heavy atom. The number of hydrogen-bond acceptors (Lipinski definition) is 3. The number of thioether (sulfide) groups is 1. The second-order valence-corrected chi connectivity index (χ2v) is 6.92. The van der Waals surface area contributed by atoms with Gasteiger partial charge in [-0.15, -0.1) is 11.8 Å². The van der Waals surface area contributed by atoms with Crippen LogP contribution < -0.4 is 5.32 Å². The lowest BCUT2D eigenvalue weighted by molar-refractivity contribution is -0.137. The molecule has 2 aliphatic rings. The topological polar surface area (TPSA) is 49.4 Å². The SMILES string of the molecule is C[C@@H](C(=O)NC1CC1)N1C(=O)CS[C@H]1c1ccccc1Cl. The van der Waals surface area contributed by atoms with Gasteiger partial charge in [0.25, 0.3) is 0 Å². The first-order valence-electron chi connectivity index (χ1n) is 7.05. The molecule has 1 N–H and O–H groups in total. The van der Waals surface area contributed by atoms with E-state index in [0.29, 0.717) is 16.8 Å². The number of benzene rings is 1. The number of halogens is 1. The molecule has 1 saturated carbocycles. The molecular weight excluding hydrogens is 308 g/mol. The summed E-state index contributed by atoms with van der Waals surface area (Å²) < 4.78 is 0. The molecule has 2 atom stereocenters. The molecule has 1 aromatic carbocycles. The molecule has 0 unspecified atom stereocenters. The number of hydrogen-bond donors (Lipinski definition) is 1. The van der Waals surface area contributed by atoms with Crippen LogP contribution in [0.1, 0.15) is 30.7 Å². The van der Waals surface area contributed by atoms with Crippen LogP contribution in [0.3, 0.4) is 0 Å². The minimum atomic E-state index is -0.477. The Balaban J connectivity index is 1.82. The Labute approximate surface area is 133 Å². The van der Waals surface area contributed by atoms with E-state index >= 15 is 0 Å². The molecule has 1 aliphatic heterocycles. The maximum absolute atomic E-state index is 12.2. The summed E-state index contributed by atoms with van der Waals surface area (Å²) in [7, 11) is 0. The second kappa shape index (κ2) is 5.89. The van der Waals surface area contributed by atoms with Crippen molar-refractivity contribution in [3.8, 4) is 0 Å². The first-order chi connectivity index (χ1) is 10.1. The van der Waals surface area contributed by atoms with Gasteiger partial charge in [0.05, 0.1) is 5.75 Å². The lowest BCUT2D eigenvalue weighted by Crippen LogP contribution is -2.47. The standard InChI is InChI=1S/C15H17ClN2O2S/c1-9(14(20)17-10-6-7-10)18-13(19)8-21-15(18)11-4-2-3-5-12(11)16/h2-5,9-10,15H,6-8H2,1H3,(H,17,20)/t9-,15-/m0/s1. The summed E-state index contributed by atoms with van der Waals surface area (Å²) in [4.78, 5) is 26.1. The highest BCUT2D eigenvalue weighted by Crippen LogP contribution is 2.42. The molecule has 21 heavy (non-hydrogen) atoms. The molecule has 0 aromatic heterocycles. The summed E-state index contributed by atoms with van der Waals surface area (Å²) in [5.74, 6) is 0.297. The Hall–Kier alpha value is -1.20. The smallest absolute Gasteiger partial charge is 0.242 e. The summed E-state index contributed by atoms with van der Waals surface area (Å²) in [5, 5.41) is 3.40. The van der Waals surface area contributed by atoms with E-state index in [1.165, 1.54) is 11.8 Å². The highest BCUT2D eigenvalue weighted by atomic mass is 35.5. The number of carbonyl (C=O) groups is 2. The van der Waals surface area contributed by atoms with E-state index < -0.39 is 6.04 Å². The Morgan fingerprint density at radius 1 is 1.43 bits per heavy atom. The Morgan fingerprint density at radius 2 is 2.14 bits per heavy atom. The molecule has 1 saturated heterocycles. The molecule has 4 nitrogen and oxygen atoms in total. The molecule has 1 heterocycles. The van der Waals surface area contributed by atoms with E-state index in [-0.39, 0.29) is 17.2 Å². The van der Waals surface area contributed by atoms with Crippen LogP contribution >= 0.6 is 23.4 Å². The maximum atomic E-state index is 12.2. The molecule has 2 fully saturated rings. The first kappa shape index (κ1) is 14.7. The minimum Gasteiger partial charge on any atom is -0.352 e. The molecule has 112 valence electrons. The van der Waals surface area contributed by atoms with Crippen molar-refractivity contribution in [2.45, 2.75) is 37.2 Å². The van der Waals surface area contributed by atoms with Crippen LogP contribution in [0.2, 0.25) is 5.02 Å². The zero-order valence-electron chi connectivity index (χ0n) is 11.7. The summed E-state index contributed by atoms with van der Waals surface area (Å²) in [5.41, 5.74) is 0.890. The van der Waals surface area contributed by atoms with E-state index in [4.69, 9.17) is 11.6 Å². The highest BCUT2D eigenvalue weighted by molar-refractivity contribution is 8.00. The van der Waals surface area contributed by atoms with Gasteiger partial charge in [0.2, 0.25) is 11.8 Å². The van der Waals surface area contributed by atoms with Crippen LogP contribution in [-0.2, 0) is 9.59 Å². The molecule has 1 aromatic rings. The van der Waals surface area contributed by atoms with Crippen molar-refractivity contribution in [3.05, 3.63) is 34.9 Å². The van der Waals surface area contributed by atoms with Crippen LogP contribution in [0.4, 0.5) is 0 Å². The average Bonchev–Trinajstić information content (AvgIpc) is 3.19. The Kier molecular flexibility index (Phi) is 4.13. The quantitative estimate of drug-likeness (QED) is 0.926. The van der Waals surface area contributed by atoms with Gasteiger partial charge in [0.1, 0.15) is 11.4 Å². The van der Waals surface area contributed by atoms with Gasteiger partial charge in [0.15, 0.2) is 0 Å². The van der Waals surface area contributed by atoms with Gasteiger partial charge in [-0.1, -0.05) is 29.8 Å². The zero-order chi connectivity index (χ0) is 15.0. The number of nitrogens with one attached hydrogen (secondary N) is 1. The molecule has 0 spiro atoms. The van der Waals surface area contributed by atoms with Gasteiger partial charge in [-0.2, -0.15) is 0 Å². The van der Waals surface area contributed by atoms with Crippen LogP contribution in [0.25, 0.3) is 0 Å². The van der Waals surface area contributed by atoms with Crippen molar-refractivity contribution in [2.75, 3.05) is 5.75 Å². The second-order valence-electron chi connectivity index (χ2n) is 5.44. The monoisotopic (exact) mass is 324 g/mol. The third-order valence-electron chi connectivity index (χ3n) is 3.80. The van der Waals surface area contributed by atoms with Crippen LogP contribution in [-0.4, -0.2) is 34.6 Å².